The Hall–Kier alpha value is -2.19. The maximum absolute atomic E-state index is 11.3. The SMILES string of the molecule is CC(O)(CO)CNc1cc2c(cc1[N+](=O)[O-])NC(=O)CC2. The van der Waals surface area contributed by atoms with Crippen LogP contribution >= 0.6 is 0 Å². The fourth-order valence-electron chi connectivity index (χ4n) is 2.05. The smallest absolute Gasteiger partial charge is 0.294 e. The van der Waals surface area contributed by atoms with Gasteiger partial charge < -0.3 is 20.8 Å². The van der Waals surface area contributed by atoms with E-state index < -0.39 is 17.1 Å². The number of carbonyl (C=O) groups is 1. The second kappa shape index (κ2) is 5.66. The number of nitro groups is 1. The lowest BCUT2D eigenvalue weighted by Gasteiger charge is -2.23. The number of nitrogens with one attached hydrogen (secondary N) is 2. The summed E-state index contributed by atoms with van der Waals surface area (Å²) < 4.78 is 0. The Morgan fingerprint density at radius 1 is 1.48 bits per heavy atom. The van der Waals surface area contributed by atoms with E-state index in [4.69, 9.17) is 5.11 Å². The number of nitrogens with zero attached hydrogens (tertiary/aromatic N) is 1. The van der Waals surface area contributed by atoms with Crippen molar-refractivity contribution in [1.82, 2.24) is 0 Å². The minimum absolute atomic E-state index is 0.0323. The highest BCUT2D eigenvalue weighted by molar-refractivity contribution is 5.95. The van der Waals surface area contributed by atoms with Crippen LogP contribution in [0.1, 0.15) is 18.9 Å². The molecule has 0 fully saturated rings. The molecule has 8 nitrogen and oxygen atoms in total. The number of fused-ring (bicyclic) bond motifs is 1. The quantitative estimate of drug-likeness (QED) is 0.466. The summed E-state index contributed by atoms with van der Waals surface area (Å²) in [7, 11) is 0. The fraction of sp³-hybridized carbons (Fsp3) is 0.462. The number of hydrogen-bond acceptors (Lipinski definition) is 6. The van der Waals surface area contributed by atoms with Gasteiger partial charge in [0.15, 0.2) is 0 Å². The van der Waals surface area contributed by atoms with Crippen molar-refractivity contribution in [1.29, 1.82) is 0 Å². The lowest BCUT2D eigenvalue weighted by molar-refractivity contribution is -0.383. The molecule has 0 spiro atoms. The Labute approximate surface area is 120 Å². The van der Waals surface area contributed by atoms with Crippen molar-refractivity contribution in [2.45, 2.75) is 25.4 Å². The molecule has 0 aromatic heterocycles. The van der Waals surface area contributed by atoms with E-state index in [2.05, 4.69) is 10.6 Å². The van der Waals surface area contributed by atoms with Gasteiger partial charge >= 0.3 is 0 Å². The molecule has 21 heavy (non-hydrogen) atoms. The van der Waals surface area contributed by atoms with Gasteiger partial charge in [0.1, 0.15) is 11.3 Å². The van der Waals surface area contributed by atoms with Gasteiger partial charge in [0, 0.05) is 19.0 Å². The minimum Gasteiger partial charge on any atom is -0.393 e. The molecule has 1 aliphatic heterocycles. The van der Waals surface area contributed by atoms with E-state index >= 15 is 0 Å². The molecule has 0 bridgehead atoms. The van der Waals surface area contributed by atoms with Gasteiger partial charge in [-0.2, -0.15) is 0 Å². The van der Waals surface area contributed by atoms with Gasteiger partial charge in [-0.05, 0) is 25.0 Å². The van der Waals surface area contributed by atoms with E-state index in [0.29, 0.717) is 18.5 Å². The van der Waals surface area contributed by atoms with Crippen molar-refractivity contribution < 1.29 is 19.9 Å². The molecule has 0 saturated carbocycles. The lowest BCUT2D eigenvalue weighted by Crippen LogP contribution is -2.37. The first-order chi connectivity index (χ1) is 9.82. The number of aliphatic hydroxyl groups is 2. The molecule has 1 aromatic rings. The topological polar surface area (TPSA) is 125 Å². The van der Waals surface area contributed by atoms with Crippen molar-refractivity contribution in [2.75, 3.05) is 23.8 Å². The predicted octanol–water partition coefficient (Wildman–Crippen LogP) is 0.635. The summed E-state index contributed by atoms with van der Waals surface area (Å²) in [4.78, 5) is 21.9. The Morgan fingerprint density at radius 3 is 2.81 bits per heavy atom. The molecule has 1 unspecified atom stereocenters. The molecule has 2 rings (SSSR count). The van der Waals surface area contributed by atoms with E-state index in [1.807, 2.05) is 0 Å². The number of benzene rings is 1. The Balaban J connectivity index is 2.31. The summed E-state index contributed by atoms with van der Waals surface area (Å²) in [5.41, 5.74) is -0.0742. The van der Waals surface area contributed by atoms with Crippen LogP contribution in [0, 0.1) is 10.1 Å². The standard InChI is InChI=1S/C13H17N3O5/c1-13(19,7-17)6-14-10-4-8-2-3-12(18)15-9(8)5-11(10)16(20)21/h4-5,14,17,19H,2-3,6-7H2,1H3,(H,15,18). The van der Waals surface area contributed by atoms with Crippen molar-refractivity contribution in [2.24, 2.45) is 0 Å². The molecule has 0 saturated heterocycles. The monoisotopic (exact) mass is 295 g/mol. The molecule has 8 heteroatoms. The minimum atomic E-state index is -1.38. The van der Waals surface area contributed by atoms with E-state index in [1.165, 1.54) is 13.0 Å². The second-order valence-electron chi connectivity index (χ2n) is 5.34. The zero-order valence-electron chi connectivity index (χ0n) is 11.5. The third kappa shape index (κ3) is 3.47. The number of aryl methyl sites for hydroxylation is 1. The normalized spacial score (nSPS) is 16.6. The molecular weight excluding hydrogens is 278 g/mol. The van der Waals surface area contributed by atoms with Crippen LogP contribution in [0.3, 0.4) is 0 Å². The number of rotatable bonds is 5. The lowest BCUT2D eigenvalue weighted by atomic mass is 10.0. The highest BCUT2D eigenvalue weighted by atomic mass is 16.6. The van der Waals surface area contributed by atoms with Crippen LogP contribution in [-0.4, -0.2) is 39.8 Å². The first kappa shape index (κ1) is 15.2. The molecule has 0 radical (unpaired) electrons. The van der Waals surface area contributed by atoms with Crippen LogP contribution in [-0.2, 0) is 11.2 Å². The zero-order chi connectivity index (χ0) is 15.6. The van der Waals surface area contributed by atoms with Crippen molar-refractivity contribution >= 4 is 23.0 Å². The number of nitro benzene ring substituents is 1. The summed E-state index contributed by atoms with van der Waals surface area (Å²) in [6, 6.07) is 2.91. The van der Waals surface area contributed by atoms with Gasteiger partial charge in [0.2, 0.25) is 5.91 Å². The second-order valence-corrected chi connectivity index (χ2v) is 5.34. The van der Waals surface area contributed by atoms with Crippen LogP contribution in [0.25, 0.3) is 0 Å². The number of anilines is 2. The van der Waals surface area contributed by atoms with Gasteiger partial charge in [-0.15, -0.1) is 0 Å². The average Bonchev–Trinajstić information content (AvgIpc) is 2.44. The Bertz CT molecular complexity index is 585. The summed E-state index contributed by atoms with van der Waals surface area (Å²) in [6.07, 6.45) is 0.836. The van der Waals surface area contributed by atoms with E-state index in [0.717, 1.165) is 5.56 Å². The van der Waals surface area contributed by atoms with Crippen LogP contribution in [0.2, 0.25) is 0 Å². The van der Waals surface area contributed by atoms with Gasteiger partial charge in [0.25, 0.3) is 5.69 Å². The van der Waals surface area contributed by atoms with E-state index in [-0.39, 0.29) is 23.8 Å². The van der Waals surface area contributed by atoms with Crippen molar-refractivity contribution in [3.63, 3.8) is 0 Å². The molecule has 4 N–H and O–H groups in total. The summed E-state index contributed by atoms with van der Waals surface area (Å²) in [6.45, 7) is 0.925. The van der Waals surface area contributed by atoms with E-state index in [1.54, 1.807) is 6.07 Å². The molecule has 1 heterocycles. The molecular formula is C13H17N3O5. The Morgan fingerprint density at radius 2 is 2.19 bits per heavy atom. The van der Waals surface area contributed by atoms with Crippen LogP contribution in [0.5, 0.6) is 0 Å². The maximum atomic E-state index is 11.3. The largest absolute Gasteiger partial charge is 0.393 e. The fourth-order valence-corrected chi connectivity index (χ4v) is 2.05. The van der Waals surface area contributed by atoms with Crippen LogP contribution in [0.4, 0.5) is 17.1 Å². The van der Waals surface area contributed by atoms with Gasteiger partial charge in [-0.3, -0.25) is 14.9 Å². The number of amides is 1. The van der Waals surface area contributed by atoms with Crippen molar-refractivity contribution in [3.05, 3.63) is 27.8 Å². The van der Waals surface area contributed by atoms with Crippen molar-refractivity contribution in [3.8, 4) is 0 Å². The predicted molar refractivity (Wildman–Crippen MR) is 76.2 cm³/mol. The number of carbonyl (C=O) groups excluding carboxylic acids is 1. The molecule has 114 valence electrons. The first-order valence-corrected chi connectivity index (χ1v) is 6.51. The number of aliphatic hydroxyl groups excluding tert-OH is 1. The summed E-state index contributed by atoms with van der Waals surface area (Å²) in [5.74, 6) is -0.166. The summed E-state index contributed by atoms with van der Waals surface area (Å²) in [5, 5.41) is 35.3. The Kier molecular flexibility index (Phi) is 4.10. The molecule has 1 atom stereocenters. The first-order valence-electron chi connectivity index (χ1n) is 6.51. The van der Waals surface area contributed by atoms with E-state index in [9.17, 15) is 20.0 Å². The molecule has 0 aliphatic carbocycles. The third-order valence-corrected chi connectivity index (χ3v) is 3.31. The molecule has 1 amide bonds. The molecule has 1 aromatic carbocycles. The average molecular weight is 295 g/mol. The maximum Gasteiger partial charge on any atom is 0.294 e. The highest BCUT2D eigenvalue weighted by Gasteiger charge is 2.25. The third-order valence-electron chi connectivity index (χ3n) is 3.31. The van der Waals surface area contributed by atoms with Gasteiger partial charge in [-0.25, -0.2) is 0 Å². The van der Waals surface area contributed by atoms with Gasteiger partial charge in [0.05, 0.1) is 17.2 Å². The summed E-state index contributed by atoms with van der Waals surface area (Å²) >= 11 is 0. The molecule has 1 aliphatic rings. The van der Waals surface area contributed by atoms with Gasteiger partial charge in [-0.1, -0.05) is 0 Å². The van der Waals surface area contributed by atoms with Crippen LogP contribution in [0.15, 0.2) is 12.1 Å². The highest BCUT2D eigenvalue weighted by Crippen LogP contribution is 2.34. The zero-order valence-corrected chi connectivity index (χ0v) is 11.5. The van der Waals surface area contributed by atoms with Crippen LogP contribution < -0.4 is 10.6 Å². The number of hydrogen-bond donors (Lipinski definition) is 4.